The minimum absolute atomic E-state index is 0.0881. The number of rotatable bonds is 6. The van der Waals surface area contributed by atoms with Gasteiger partial charge in [-0.05, 0) is 38.1 Å². The molecule has 2 aromatic rings. The number of pyridine rings is 1. The highest BCUT2D eigenvalue weighted by atomic mass is 35.5. The second-order valence-corrected chi connectivity index (χ2v) is 7.21. The number of halogens is 1. The van der Waals surface area contributed by atoms with E-state index in [1.165, 1.54) is 0 Å². The van der Waals surface area contributed by atoms with Crippen molar-refractivity contribution in [2.24, 2.45) is 0 Å². The van der Waals surface area contributed by atoms with Gasteiger partial charge in [-0.1, -0.05) is 17.7 Å². The van der Waals surface area contributed by atoms with Crippen LogP contribution in [-0.2, 0) is 0 Å². The predicted octanol–water partition coefficient (Wildman–Crippen LogP) is 2.88. The summed E-state index contributed by atoms with van der Waals surface area (Å²) in [4.78, 5) is 34.1. The molecule has 1 aliphatic rings. The molecule has 2 heterocycles. The maximum absolute atomic E-state index is 13.1. The zero-order valence-corrected chi connectivity index (χ0v) is 17.5. The van der Waals surface area contributed by atoms with Crippen LogP contribution in [0.4, 0.5) is 11.5 Å². The van der Waals surface area contributed by atoms with Crippen LogP contribution in [-0.4, -0.2) is 61.0 Å². The Morgan fingerprint density at radius 3 is 2.59 bits per heavy atom. The third-order valence-corrected chi connectivity index (χ3v) is 5.14. The zero-order valence-electron chi connectivity index (χ0n) is 16.7. The molecule has 1 aromatic heterocycles. The van der Waals surface area contributed by atoms with Gasteiger partial charge in [0.2, 0.25) is 0 Å². The van der Waals surface area contributed by atoms with E-state index in [4.69, 9.17) is 11.6 Å². The van der Waals surface area contributed by atoms with Crippen LogP contribution in [0.2, 0.25) is 5.02 Å². The number of carbonyl (C=O) groups excluding carboxylic acids is 2. The first kappa shape index (κ1) is 21.1. The van der Waals surface area contributed by atoms with Gasteiger partial charge in [-0.3, -0.25) is 9.59 Å². The number of nitrogens with one attached hydrogen (secondary N) is 2. The lowest BCUT2D eigenvalue weighted by Crippen LogP contribution is -2.45. The van der Waals surface area contributed by atoms with E-state index in [0.717, 1.165) is 26.2 Å². The molecule has 7 nitrogen and oxygen atoms in total. The van der Waals surface area contributed by atoms with Gasteiger partial charge in [-0.2, -0.15) is 0 Å². The number of hydrogen-bond acceptors (Lipinski definition) is 5. The monoisotopic (exact) mass is 415 g/mol. The Labute approximate surface area is 176 Å². The molecule has 0 atom stereocenters. The Morgan fingerprint density at radius 2 is 1.93 bits per heavy atom. The number of piperazine rings is 1. The van der Waals surface area contributed by atoms with Crippen molar-refractivity contribution in [3.8, 4) is 0 Å². The SMILES string of the molecule is CCN(CC)C(=O)c1cc(NC(=O)c2cccc(Cl)c2)cnc1N1CCNCC1. The van der Waals surface area contributed by atoms with Gasteiger partial charge in [0.15, 0.2) is 0 Å². The second-order valence-electron chi connectivity index (χ2n) is 6.77. The van der Waals surface area contributed by atoms with Crippen LogP contribution >= 0.6 is 11.6 Å². The van der Waals surface area contributed by atoms with Crippen molar-refractivity contribution < 1.29 is 9.59 Å². The minimum Gasteiger partial charge on any atom is -0.353 e. The second kappa shape index (κ2) is 9.71. The third-order valence-electron chi connectivity index (χ3n) is 4.91. The number of nitrogens with zero attached hydrogens (tertiary/aromatic N) is 3. The van der Waals surface area contributed by atoms with E-state index < -0.39 is 0 Å². The van der Waals surface area contributed by atoms with Crippen molar-refractivity contribution in [3.05, 3.63) is 52.7 Å². The molecule has 2 N–H and O–H groups in total. The van der Waals surface area contributed by atoms with Crippen molar-refractivity contribution in [2.75, 3.05) is 49.5 Å². The Morgan fingerprint density at radius 1 is 1.21 bits per heavy atom. The first-order valence-corrected chi connectivity index (χ1v) is 10.2. The van der Waals surface area contributed by atoms with Crippen LogP contribution in [0.15, 0.2) is 36.5 Å². The maximum atomic E-state index is 13.1. The van der Waals surface area contributed by atoms with E-state index in [1.54, 1.807) is 41.4 Å². The molecule has 2 amide bonds. The van der Waals surface area contributed by atoms with E-state index in [-0.39, 0.29) is 11.8 Å². The topological polar surface area (TPSA) is 77.6 Å². The van der Waals surface area contributed by atoms with Gasteiger partial charge in [-0.25, -0.2) is 4.98 Å². The minimum atomic E-state index is -0.300. The summed E-state index contributed by atoms with van der Waals surface area (Å²) in [6, 6.07) is 8.43. The average Bonchev–Trinajstić information content (AvgIpc) is 2.75. The third kappa shape index (κ3) is 5.05. The summed E-state index contributed by atoms with van der Waals surface area (Å²) in [6.07, 6.45) is 1.60. The van der Waals surface area contributed by atoms with E-state index in [9.17, 15) is 9.59 Å². The molecule has 0 aliphatic carbocycles. The maximum Gasteiger partial charge on any atom is 0.257 e. The predicted molar refractivity (Wildman–Crippen MR) is 116 cm³/mol. The van der Waals surface area contributed by atoms with E-state index in [1.807, 2.05) is 13.8 Å². The first-order valence-electron chi connectivity index (χ1n) is 9.85. The van der Waals surface area contributed by atoms with Crippen LogP contribution < -0.4 is 15.5 Å². The quantitative estimate of drug-likeness (QED) is 0.758. The Bertz CT molecular complexity index is 879. The largest absolute Gasteiger partial charge is 0.353 e. The van der Waals surface area contributed by atoms with E-state index >= 15 is 0 Å². The van der Waals surface area contributed by atoms with Gasteiger partial charge >= 0.3 is 0 Å². The lowest BCUT2D eigenvalue weighted by atomic mass is 10.1. The molecule has 0 radical (unpaired) electrons. The number of carbonyl (C=O) groups is 2. The summed E-state index contributed by atoms with van der Waals surface area (Å²) in [5.41, 5.74) is 1.42. The van der Waals surface area contributed by atoms with Crippen LogP contribution in [0.1, 0.15) is 34.6 Å². The smallest absolute Gasteiger partial charge is 0.257 e. The molecule has 3 rings (SSSR count). The van der Waals surface area contributed by atoms with Crippen molar-refractivity contribution in [2.45, 2.75) is 13.8 Å². The fourth-order valence-electron chi connectivity index (χ4n) is 3.33. The highest BCUT2D eigenvalue weighted by Gasteiger charge is 2.23. The number of anilines is 2. The molecule has 0 spiro atoms. The molecular formula is C21H26ClN5O2. The summed E-state index contributed by atoms with van der Waals surface area (Å²) in [5.74, 6) is 0.268. The number of benzene rings is 1. The average molecular weight is 416 g/mol. The number of hydrogen-bond donors (Lipinski definition) is 2. The van der Waals surface area contributed by atoms with Gasteiger partial charge in [0.25, 0.3) is 11.8 Å². The molecule has 29 heavy (non-hydrogen) atoms. The van der Waals surface area contributed by atoms with Crippen molar-refractivity contribution >= 4 is 34.9 Å². The van der Waals surface area contributed by atoms with Crippen LogP contribution in [0, 0.1) is 0 Å². The molecule has 154 valence electrons. The molecule has 1 aromatic carbocycles. The molecule has 0 unspecified atom stereocenters. The highest BCUT2D eigenvalue weighted by molar-refractivity contribution is 6.31. The Balaban J connectivity index is 1.91. The molecule has 8 heteroatoms. The fourth-order valence-corrected chi connectivity index (χ4v) is 3.52. The van der Waals surface area contributed by atoms with Crippen molar-refractivity contribution in [1.29, 1.82) is 0 Å². The normalized spacial score (nSPS) is 13.8. The van der Waals surface area contributed by atoms with Gasteiger partial charge in [0.1, 0.15) is 5.82 Å². The van der Waals surface area contributed by atoms with Crippen LogP contribution in [0.5, 0.6) is 0 Å². The number of aromatic nitrogens is 1. The molecule has 1 fully saturated rings. The van der Waals surface area contributed by atoms with Gasteiger partial charge in [0.05, 0.1) is 17.4 Å². The Kier molecular flexibility index (Phi) is 7.06. The van der Waals surface area contributed by atoms with E-state index in [0.29, 0.717) is 40.7 Å². The lowest BCUT2D eigenvalue weighted by Gasteiger charge is -2.31. The van der Waals surface area contributed by atoms with Gasteiger partial charge < -0.3 is 20.4 Å². The highest BCUT2D eigenvalue weighted by Crippen LogP contribution is 2.24. The van der Waals surface area contributed by atoms with Crippen molar-refractivity contribution in [3.63, 3.8) is 0 Å². The molecular weight excluding hydrogens is 390 g/mol. The standard InChI is InChI=1S/C21H26ClN5O2/c1-3-26(4-2)21(29)18-13-17(14-24-19(18)27-10-8-23-9-11-27)25-20(28)15-6-5-7-16(22)12-15/h5-7,12-14,23H,3-4,8-11H2,1-2H3,(H,25,28). The Hall–Kier alpha value is -2.64. The summed E-state index contributed by atoms with van der Waals surface area (Å²) >= 11 is 5.98. The van der Waals surface area contributed by atoms with Crippen LogP contribution in [0.3, 0.4) is 0 Å². The van der Waals surface area contributed by atoms with Gasteiger partial charge in [-0.15, -0.1) is 0 Å². The summed E-state index contributed by atoms with van der Waals surface area (Å²) in [7, 11) is 0. The molecule has 1 saturated heterocycles. The molecule has 0 bridgehead atoms. The van der Waals surface area contributed by atoms with Gasteiger partial charge in [0, 0.05) is 49.9 Å². The summed E-state index contributed by atoms with van der Waals surface area (Å²) in [5, 5.41) is 6.62. The summed E-state index contributed by atoms with van der Waals surface area (Å²) in [6.45, 7) is 8.35. The number of amides is 2. The fraction of sp³-hybridized carbons (Fsp3) is 0.381. The van der Waals surface area contributed by atoms with E-state index in [2.05, 4.69) is 20.5 Å². The first-order chi connectivity index (χ1) is 14.0. The molecule has 0 saturated carbocycles. The summed E-state index contributed by atoms with van der Waals surface area (Å²) < 4.78 is 0. The lowest BCUT2D eigenvalue weighted by molar-refractivity contribution is 0.0772. The van der Waals surface area contributed by atoms with Crippen LogP contribution in [0.25, 0.3) is 0 Å². The zero-order chi connectivity index (χ0) is 20.8. The van der Waals surface area contributed by atoms with Crippen molar-refractivity contribution in [1.82, 2.24) is 15.2 Å². The molecule has 1 aliphatic heterocycles.